The van der Waals surface area contributed by atoms with Crippen LogP contribution >= 0.6 is 0 Å². The minimum atomic E-state index is -1.32. The third-order valence-corrected chi connectivity index (χ3v) is 4.89. The van der Waals surface area contributed by atoms with Crippen LogP contribution in [-0.2, 0) is 22.0 Å². The van der Waals surface area contributed by atoms with Gasteiger partial charge in [0.25, 0.3) is 0 Å². The average Bonchev–Trinajstić information content (AvgIpc) is 2.46. The summed E-state index contributed by atoms with van der Waals surface area (Å²) in [5.74, 6) is -0.440. The number of methoxy groups -OCH3 is 1. The molecule has 0 saturated carbocycles. The Bertz CT molecular complexity index is 692. The number of hydrogen-bond acceptors (Lipinski definition) is 3. The lowest BCUT2D eigenvalue weighted by atomic mass is 10.0. The number of carbonyl (C=O) groups is 1. The fourth-order valence-electron chi connectivity index (χ4n) is 2.36. The Hall–Kier alpha value is -1.94. The number of ether oxygens (including phenoxy) is 1. The number of carbonyl (C=O) groups excluding carboxylic acids is 1. The van der Waals surface area contributed by atoms with Gasteiger partial charge in [0.05, 0.1) is 28.4 Å². The summed E-state index contributed by atoms with van der Waals surface area (Å²) in [6.45, 7) is 0. The second-order valence-corrected chi connectivity index (χ2v) is 5.72. The Morgan fingerprint density at radius 2 is 1.84 bits per heavy atom. The van der Waals surface area contributed by atoms with E-state index >= 15 is 0 Å². The molecule has 3 rings (SSSR count). The lowest BCUT2D eigenvalue weighted by molar-refractivity contribution is 0.0596. The van der Waals surface area contributed by atoms with Crippen LogP contribution in [0.4, 0.5) is 0 Å². The molecule has 1 atom stereocenters. The fourth-order valence-corrected chi connectivity index (χ4v) is 3.89. The summed E-state index contributed by atoms with van der Waals surface area (Å²) in [7, 11) is 0.0101. The molecule has 0 aromatic heterocycles. The van der Waals surface area contributed by atoms with Gasteiger partial charge in [-0.3, -0.25) is 0 Å². The summed E-state index contributed by atoms with van der Waals surface area (Å²) in [6.07, 6.45) is 0.697. The molecule has 1 aliphatic heterocycles. The molecule has 0 amide bonds. The van der Waals surface area contributed by atoms with Gasteiger partial charge in [-0.1, -0.05) is 30.3 Å². The van der Waals surface area contributed by atoms with Crippen molar-refractivity contribution in [3.05, 3.63) is 59.2 Å². The van der Waals surface area contributed by atoms with Gasteiger partial charge in [-0.2, -0.15) is 0 Å². The van der Waals surface area contributed by atoms with Gasteiger partial charge in [-0.25, -0.2) is 9.00 Å². The van der Waals surface area contributed by atoms with Gasteiger partial charge in [-0.15, -0.1) is 0 Å². The molecular formula is C15H12O3S. The number of rotatable bonds is 1. The molecule has 0 fully saturated rings. The van der Waals surface area contributed by atoms with Crippen LogP contribution in [0.1, 0.15) is 21.5 Å². The van der Waals surface area contributed by atoms with Crippen LogP contribution < -0.4 is 0 Å². The minimum absolute atomic E-state index is 0.396. The highest BCUT2D eigenvalue weighted by Crippen LogP contribution is 2.33. The van der Waals surface area contributed by atoms with Crippen LogP contribution in [0.25, 0.3) is 0 Å². The van der Waals surface area contributed by atoms with Crippen LogP contribution in [0.2, 0.25) is 0 Å². The Kier molecular flexibility index (Phi) is 2.95. The molecule has 3 nitrogen and oxygen atoms in total. The van der Waals surface area contributed by atoms with Crippen molar-refractivity contribution in [3.8, 4) is 0 Å². The topological polar surface area (TPSA) is 43.4 Å². The standard InChI is InChI=1S/C15H12O3S/c1-18-15(16)12-7-4-6-11-9-10-5-2-3-8-13(10)19(17)14(11)12/h2-8H,9H2,1H3. The fraction of sp³-hybridized carbons (Fsp3) is 0.133. The van der Waals surface area contributed by atoms with Gasteiger partial charge in [0.15, 0.2) is 0 Å². The molecule has 0 saturated heterocycles. The van der Waals surface area contributed by atoms with Crippen molar-refractivity contribution in [2.75, 3.05) is 7.11 Å². The molecule has 4 heteroatoms. The normalized spacial score (nSPS) is 16.4. The molecule has 0 spiro atoms. The molecule has 96 valence electrons. The van der Waals surface area contributed by atoms with Crippen molar-refractivity contribution in [3.63, 3.8) is 0 Å². The van der Waals surface area contributed by atoms with Crippen molar-refractivity contribution in [2.45, 2.75) is 16.2 Å². The summed E-state index contributed by atoms with van der Waals surface area (Å²) in [6, 6.07) is 13.0. The van der Waals surface area contributed by atoms with Gasteiger partial charge in [0.2, 0.25) is 0 Å². The molecule has 2 aromatic rings. The quantitative estimate of drug-likeness (QED) is 0.639. The molecule has 0 bridgehead atoms. The second-order valence-electron chi connectivity index (χ2n) is 4.34. The third-order valence-electron chi connectivity index (χ3n) is 3.24. The largest absolute Gasteiger partial charge is 0.465 e. The third kappa shape index (κ3) is 1.88. The van der Waals surface area contributed by atoms with Crippen LogP contribution in [0.3, 0.4) is 0 Å². The van der Waals surface area contributed by atoms with Gasteiger partial charge >= 0.3 is 5.97 Å². The molecule has 0 radical (unpaired) electrons. The average molecular weight is 272 g/mol. The molecule has 19 heavy (non-hydrogen) atoms. The minimum Gasteiger partial charge on any atom is -0.465 e. The van der Waals surface area contributed by atoms with Crippen LogP contribution in [-0.4, -0.2) is 17.3 Å². The van der Waals surface area contributed by atoms with Crippen LogP contribution in [0.5, 0.6) is 0 Å². The lowest BCUT2D eigenvalue weighted by Gasteiger charge is -2.20. The van der Waals surface area contributed by atoms with E-state index in [1.807, 2.05) is 30.3 Å². The Balaban J connectivity index is 2.22. The highest BCUT2D eigenvalue weighted by atomic mass is 32.2. The van der Waals surface area contributed by atoms with Crippen molar-refractivity contribution >= 4 is 16.8 Å². The maximum absolute atomic E-state index is 12.7. The smallest absolute Gasteiger partial charge is 0.339 e. The van der Waals surface area contributed by atoms with Crippen LogP contribution in [0.15, 0.2) is 52.3 Å². The first kappa shape index (κ1) is 12.1. The Morgan fingerprint density at radius 3 is 2.63 bits per heavy atom. The molecule has 1 heterocycles. The summed E-state index contributed by atoms with van der Waals surface area (Å²) >= 11 is 0. The highest BCUT2D eigenvalue weighted by molar-refractivity contribution is 7.85. The van der Waals surface area contributed by atoms with Crippen molar-refractivity contribution in [1.29, 1.82) is 0 Å². The first-order valence-corrected chi connectivity index (χ1v) is 7.07. The van der Waals surface area contributed by atoms with E-state index in [0.29, 0.717) is 16.9 Å². The first-order valence-electron chi connectivity index (χ1n) is 5.92. The van der Waals surface area contributed by atoms with E-state index < -0.39 is 16.8 Å². The summed E-state index contributed by atoms with van der Waals surface area (Å²) in [4.78, 5) is 13.2. The van der Waals surface area contributed by atoms with E-state index in [2.05, 4.69) is 0 Å². The lowest BCUT2D eigenvalue weighted by Crippen LogP contribution is -2.15. The monoisotopic (exact) mass is 272 g/mol. The van der Waals surface area contributed by atoms with Gasteiger partial charge in [0.1, 0.15) is 0 Å². The van der Waals surface area contributed by atoms with E-state index in [9.17, 15) is 9.00 Å². The number of benzene rings is 2. The molecule has 2 aromatic carbocycles. The van der Waals surface area contributed by atoms with Crippen molar-refractivity contribution < 1.29 is 13.7 Å². The molecule has 1 unspecified atom stereocenters. The SMILES string of the molecule is COC(=O)c1cccc2c1S(=O)c1ccccc1C2. The van der Waals surface area contributed by atoms with E-state index in [1.165, 1.54) is 7.11 Å². The number of esters is 1. The zero-order chi connectivity index (χ0) is 13.4. The summed E-state index contributed by atoms with van der Waals surface area (Å²) in [5, 5.41) is 0. The predicted octanol–water partition coefficient (Wildman–Crippen LogP) is 2.54. The molecule has 0 N–H and O–H groups in total. The van der Waals surface area contributed by atoms with Gasteiger partial charge in [-0.05, 0) is 29.7 Å². The van der Waals surface area contributed by atoms with Crippen LogP contribution in [0, 0.1) is 0 Å². The second kappa shape index (κ2) is 4.63. The number of hydrogen-bond donors (Lipinski definition) is 0. The van der Waals surface area contributed by atoms with Crippen molar-refractivity contribution in [2.24, 2.45) is 0 Å². The Labute approximate surface area is 113 Å². The summed E-state index contributed by atoms with van der Waals surface area (Å²) < 4.78 is 17.4. The maximum atomic E-state index is 12.7. The maximum Gasteiger partial charge on any atom is 0.339 e. The van der Waals surface area contributed by atoms with E-state index in [1.54, 1.807) is 12.1 Å². The van der Waals surface area contributed by atoms with E-state index in [0.717, 1.165) is 16.0 Å². The zero-order valence-corrected chi connectivity index (χ0v) is 11.2. The highest BCUT2D eigenvalue weighted by Gasteiger charge is 2.26. The van der Waals surface area contributed by atoms with Gasteiger partial charge in [0, 0.05) is 4.90 Å². The predicted molar refractivity (Wildman–Crippen MR) is 71.7 cm³/mol. The Morgan fingerprint density at radius 1 is 1.11 bits per heavy atom. The van der Waals surface area contributed by atoms with E-state index in [-0.39, 0.29) is 0 Å². The molecule has 0 aliphatic carbocycles. The molecular weight excluding hydrogens is 260 g/mol. The summed E-state index contributed by atoms with van der Waals surface area (Å²) in [5.41, 5.74) is 2.38. The van der Waals surface area contributed by atoms with E-state index in [4.69, 9.17) is 4.74 Å². The zero-order valence-electron chi connectivity index (χ0n) is 10.4. The first-order chi connectivity index (χ1) is 9.22. The number of fused-ring (bicyclic) bond motifs is 2. The van der Waals surface area contributed by atoms with Gasteiger partial charge < -0.3 is 4.74 Å². The van der Waals surface area contributed by atoms with Crippen molar-refractivity contribution in [1.82, 2.24) is 0 Å². The molecule has 1 aliphatic rings.